The SMILES string of the molecule is Cc1ccc(-c2ccc(N(c3ccccc3)c3ccc4oc5ccc(N(c6ccccc6)c6ccc7oc8ccc(N(c9ccccc9)c9ccc(-c%10ccc(N(c%11ccc(C)cc%11)c%11ccc(C)cc%11)cc%10)cc9)cc8c7c6)cc5c4c3)cc2)cc1. The molecule has 15 aromatic rings. The topological polar surface area (TPSA) is 39.2 Å². The summed E-state index contributed by atoms with van der Waals surface area (Å²) < 4.78 is 13.3. The van der Waals surface area contributed by atoms with Gasteiger partial charge in [0, 0.05) is 89.8 Å². The summed E-state index contributed by atoms with van der Waals surface area (Å²) in [5.41, 5.74) is 24.3. The number of nitrogens with zero attached hydrogens (tertiary/aromatic N) is 4. The van der Waals surface area contributed by atoms with Gasteiger partial charge in [-0.2, -0.15) is 0 Å². The summed E-state index contributed by atoms with van der Waals surface area (Å²) in [5.74, 6) is 0. The molecule has 0 amide bonds. The van der Waals surface area contributed by atoms with Crippen LogP contribution in [0.5, 0.6) is 0 Å². The van der Waals surface area contributed by atoms with Crippen molar-refractivity contribution in [3.8, 4) is 22.3 Å². The van der Waals surface area contributed by atoms with E-state index in [0.29, 0.717) is 0 Å². The van der Waals surface area contributed by atoms with E-state index < -0.39 is 0 Å². The van der Waals surface area contributed by atoms with E-state index in [-0.39, 0.29) is 0 Å². The van der Waals surface area contributed by atoms with Gasteiger partial charge in [0.05, 0.1) is 0 Å². The molecular formula is C81H60N4O2. The Bertz CT molecular complexity index is 4860. The van der Waals surface area contributed by atoms with Crippen molar-refractivity contribution in [2.24, 2.45) is 0 Å². The maximum absolute atomic E-state index is 6.66. The first-order valence-corrected chi connectivity index (χ1v) is 29.6. The van der Waals surface area contributed by atoms with Crippen LogP contribution in [-0.2, 0) is 0 Å². The van der Waals surface area contributed by atoms with Gasteiger partial charge < -0.3 is 28.4 Å². The van der Waals surface area contributed by atoms with Gasteiger partial charge in [-0.1, -0.05) is 156 Å². The Morgan fingerprint density at radius 3 is 0.632 bits per heavy atom. The number of hydrogen-bond acceptors (Lipinski definition) is 6. The van der Waals surface area contributed by atoms with E-state index >= 15 is 0 Å². The highest BCUT2D eigenvalue weighted by molar-refractivity contribution is 6.10. The van der Waals surface area contributed by atoms with Crippen molar-refractivity contribution in [1.82, 2.24) is 0 Å². The van der Waals surface area contributed by atoms with Gasteiger partial charge >= 0.3 is 0 Å². The molecule has 0 unspecified atom stereocenters. The monoisotopic (exact) mass is 1120 g/mol. The zero-order chi connectivity index (χ0) is 58.4. The van der Waals surface area contributed by atoms with E-state index in [1.165, 1.54) is 27.8 Å². The molecule has 15 rings (SSSR count). The van der Waals surface area contributed by atoms with E-state index in [1.807, 2.05) is 0 Å². The second-order valence-electron chi connectivity index (χ2n) is 22.5. The van der Waals surface area contributed by atoms with Crippen LogP contribution in [0.15, 0.2) is 318 Å². The average molecular weight is 1120 g/mol. The molecule has 0 aliphatic heterocycles. The number of anilines is 12. The van der Waals surface area contributed by atoms with Crippen LogP contribution < -0.4 is 19.6 Å². The number of rotatable bonds is 14. The van der Waals surface area contributed by atoms with Crippen molar-refractivity contribution in [2.75, 3.05) is 19.6 Å². The summed E-state index contributed by atoms with van der Waals surface area (Å²) in [7, 11) is 0. The standard InChI is InChI=1S/C81H60N4O2/c1-55-19-25-58(26-20-55)59-29-39-68(40-30-59)83(62-13-7-4-8-14-62)70-43-47-78-74(51-70)76-53-72(45-49-80(76)86-78)85(64-17-11-6-12-18-64)73-46-50-81-77(54-73)75-52-71(44-48-79(75)87-81)84(63-15-9-5-10-16-63)69-41-31-61(32-42-69)60-27-37-67(38-28-60)82(65-33-21-56(2)22-34-65)66-35-23-57(3)24-36-66/h4-54H,1-3H3. The minimum Gasteiger partial charge on any atom is -0.456 e. The third-order valence-corrected chi connectivity index (χ3v) is 16.6. The van der Waals surface area contributed by atoms with Crippen molar-refractivity contribution in [2.45, 2.75) is 20.8 Å². The van der Waals surface area contributed by atoms with Crippen molar-refractivity contribution >= 4 is 112 Å². The summed E-state index contributed by atoms with van der Waals surface area (Å²) in [6, 6.07) is 111. The number of fused-ring (bicyclic) bond motifs is 6. The fourth-order valence-electron chi connectivity index (χ4n) is 12.1. The fraction of sp³-hybridized carbons (Fsp3) is 0.0370. The molecule has 0 saturated heterocycles. The molecule has 87 heavy (non-hydrogen) atoms. The first-order valence-electron chi connectivity index (χ1n) is 29.6. The number of aryl methyl sites for hydroxylation is 3. The first kappa shape index (κ1) is 52.5. The Kier molecular flexibility index (Phi) is 13.5. The normalized spacial score (nSPS) is 11.4. The van der Waals surface area contributed by atoms with E-state index in [9.17, 15) is 0 Å². The average Bonchev–Trinajstić information content (AvgIpc) is 2.28. The highest BCUT2D eigenvalue weighted by Crippen LogP contribution is 2.46. The molecule has 2 aromatic heterocycles. The van der Waals surface area contributed by atoms with Crippen LogP contribution in [0, 0.1) is 20.8 Å². The Morgan fingerprint density at radius 1 is 0.184 bits per heavy atom. The summed E-state index contributed by atoms with van der Waals surface area (Å²) in [5, 5.41) is 4.10. The molecule has 2 heterocycles. The van der Waals surface area contributed by atoms with Crippen LogP contribution in [0.1, 0.15) is 16.7 Å². The Hall–Kier alpha value is -11.3. The smallest absolute Gasteiger partial charge is 0.135 e. The molecular weight excluding hydrogens is 1060 g/mol. The van der Waals surface area contributed by atoms with Gasteiger partial charge in [-0.15, -0.1) is 0 Å². The predicted molar refractivity (Wildman–Crippen MR) is 365 cm³/mol. The molecule has 416 valence electrons. The van der Waals surface area contributed by atoms with E-state index in [0.717, 1.165) is 123 Å². The largest absolute Gasteiger partial charge is 0.456 e. The second kappa shape index (κ2) is 22.3. The maximum Gasteiger partial charge on any atom is 0.135 e. The lowest BCUT2D eigenvalue weighted by Crippen LogP contribution is -2.10. The van der Waals surface area contributed by atoms with Gasteiger partial charge in [0.25, 0.3) is 0 Å². The second-order valence-corrected chi connectivity index (χ2v) is 22.5. The zero-order valence-corrected chi connectivity index (χ0v) is 48.6. The summed E-state index contributed by atoms with van der Waals surface area (Å²) in [6.07, 6.45) is 0. The lowest BCUT2D eigenvalue weighted by atomic mass is 10.0. The Morgan fingerprint density at radius 2 is 0.368 bits per heavy atom. The number of hydrogen-bond donors (Lipinski definition) is 0. The predicted octanol–water partition coefficient (Wildman–Crippen LogP) is 23.6. The van der Waals surface area contributed by atoms with E-state index in [2.05, 4.69) is 350 Å². The number of para-hydroxylation sites is 3. The van der Waals surface area contributed by atoms with Gasteiger partial charge in [0.1, 0.15) is 22.3 Å². The lowest BCUT2D eigenvalue weighted by Gasteiger charge is -2.26. The third-order valence-electron chi connectivity index (χ3n) is 16.6. The Labute approximate surface area is 506 Å². The molecule has 0 aliphatic rings. The Balaban J connectivity index is 0.772. The third kappa shape index (κ3) is 10.2. The van der Waals surface area contributed by atoms with E-state index in [1.54, 1.807) is 0 Å². The lowest BCUT2D eigenvalue weighted by molar-refractivity contribution is 0.668. The summed E-state index contributed by atoms with van der Waals surface area (Å²) in [4.78, 5) is 9.28. The minimum atomic E-state index is 0.818. The fourth-order valence-corrected chi connectivity index (χ4v) is 12.1. The molecule has 6 heteroatoms. The van der Waals surface area contributed by atoms with Gasteiger partial charge in [-0.05, 0) is 213 Å². The van der Waals surface area contributed by atoms with Crippen LogP contribution in [0.25, 0.3) is 66.1 Å². The molecule has 13 aromatic carbocycles. The molecule has 0 atom stereocenters. The van der Waals surface area contributed by atoms with Crippen LogP contribution in [0.2, 0.25) is 0 Å². The van der Waals surface area contributed by atoms with Gasteiger partial charge in [0.15, 0.2) is 0 Å². The van der Waals surface area contributed by atoms with Gasteiger partial charge in [0.2, 0.25) is 0 Å². The van der Waals surface area contributed by atoms with Crippen LogP contribution in [0.3, 0.4) is 0 Å². The first-order chi connectivity index (χ1) is 42.8. The number of furan rings is 2. The molecule has 6 nitrogen and oxygen atoms in total. The molecule has 0 radical (unpaired) electrons. The highest BCUT2D eigenvalue weighted by Gasteiger charge is 2.22. The summed E-state index contributed by atoms with van der Waals surface area (Å²) >= 11 is 0. The van der Waals surface area contributed by atoms with Crippen molar-refractivity contribution in [3.05, 3.63) is 326 Å². The molecule has 0 spiro atoms. The minimum absolute atomic E-state index is 0.818. The van der Waals surface area contributed by atoms with Crippen LogP contribution in [-0.4, -0.2) is 0 Å². The zero-order valence-electron chi connectivity index (χ0n) is 48.6. The molecule has 0 aliphatic carbocycles. The maximum atomic E-state index is 6.66. The van der Waals surface area contributed by atoms with Crippen molar-refractivity contribution in [3.63, 3.8) is 0 Å². The molecule has 0 N–H and O–H groups in total. The van der Waals surface area contributed by atoms with Gasteiger partial charge in [-0.25, -0.2) is 0 Å². The van der Waals surface area contributed by atoms with Crippen molar-refractivity contribution in [1.29, 1.82) is 0 Å². The number of benzene rings is 13. The van der Waals surface area contributed by atoms with Crippen LogP contribution >= 0.6 is 0 Å². The quantitative estimate of drug-likeness (QED) is 0.108. The van der Waals surface area contributed by atoms with Crippen molar-refractivity contribution < 1.29 is 8.83 Å². The van der Waals surface area contributed by atoms with Gasteiger partial charge in [-0.3, -0.25) is 0 Å². The molecule has 0 bridgehead atoms. The van der Waals surface area contributed by atoms with Crippen LogP contribution in [0.4, 0.5) is 68.2 Å². The molecule has 0 saturated carbocycles. The molecule has 0 fully saturated rings. The van der Waals surface area contributed by atoms with E-state index in [4.69, 9.17) is 8.83 Å². The highest BCUT2D eigenvalue weighted by atomic mass is 16.3. The summed E-state index contributed by atoms with van der Waals surface area (Å²) in [6.45, 7) is 6.38.